The van der Waals surface area contributed by atoms with E-state index in [2.05, 4.69) is 32.9 Å². The largest absolute Gasteiger partial charge is 0.494 e. The smallest absolute Gasteiger partial charge is 0.221 e. The third-order valence-corrected chi connectivity index (χ3v) is 2.70. The molecule has 0 heterocycles. The average Bonchev–Trinajstić information content (AvgIpc) is 2.23. The van der Waals surface area contributed by atoms with Crippen LogP contribution in [0.25, 0.3) is 0 Å². The summed E-state index contributed by atoms with van der Waals surface area (Å²) in [4.78, 5) is 10.5. The van der Waals surface area contributed by atoms with Gasteiger partial charge in [-0.25, -0.2) is 0 Å². The van der Waals surface area contributed by atoms with Gasteiger partial charge in [0.25, 0.3) is 0 Å². The van der Waals surface area contributed by atoms with Gasteiger partial charge in [-0.1, -0.05) is 32.9 Å². The van der Waals surface area contributed by atoms with Crippen LogP contribution in [0.5, 0.6) is 5.75 Å². The predicted molar refractivity (Wildman–Crippen MR) is 70.7 cm³/mol. The van der Waals surface area contributed by atoms with Gasteiger partial charge in [-0.2, -0.15) is 0 Å². The van der Waals surface area contributed by atoms with Gasteiger partial charge in [0.15, 0.2) is 0 Å². The normalized spacial score (nSPS) is 11.3. The molecule has 2 nitrogen and oxygen atoms in total. The fourth-order valence-corrected chi connectivity index (χ4v) is 1.59. The van der Waals surface area contributed by atoms with Gasteiger partial charge in [-0.15, -0.1) is 0 Å². The SMILES string of the molecule is CC(C)(C)c1ccc(OCCCC(=O)Cl)cc1. The molecule has 0 radical (unpaired) electrons. The number of benzene rings is 1. The highest BCUT2D eigenvalue weighted by Crippen LogP contribution is 2.24. The lowest BCUT2D eigenvalue weighted by molar-refractivity contribution is -0.111. The molecule has 0 N–H and O–H groups in total. The summed E-state index contributed by atoms with van der Waals surface area (Å²) in [6.07, 6.45) is 1.02. The molecule has 0 aliphatic rings. The van der Waals surface area contributed by atoms with Crippen molar-refractivity contribution in [2.24, 2.45) is 0 Å². The fourth-order valence-electron chi connectivity index (χ4n) is 1.45. The van der Waals surface area contributed by atoms with E-state index in [1.165, 1.54) is 5.56 Å². The molecular weight excluding hydrogens is 236 g/mol. The first-order valence-electron chi connectivity index (χ1n) is 5.81. The molecule has 1 aromatic rings. The number of carbonyl (C=O) groups excluding carboxylic acids is 1. The molecule has 0 saturated carbocycles. The van der Waals surface area contributed by atoms with Crippen LogP contribution >= 0.6 is 11.6 Å². The summed E-state index contributed by atoms with van der Waals surface area (Å²) >= 11 is 5.24. The lowest BCUT2D eigenvalue weighted by Crippen LogP contribution is -2.10. The first-order chi connectivity index (χ1) is 7.89. The second-order valence-corrected chi connectivity index (χ2v) is 5.50. The Bertz CT molecular complexity index is 363. The van der Waals surface area contributed by atoms with Crippen LogP contribution in [0.4, 0.5) is 0 Å². The van der Waals surface area contributed by atoms with Gasteiger partial charge in [0.05, 0.1) is 6.61 Å². The van der Waals surface area contributed by atoms with Gasteiger partial charge in [-0.3, -0.25) is 4.79 Å². The van der Waals surface area contributed by atoms with Crippen LogP contribution < -0.4 is 4.74 Å². The van der Waals surface area contributed by atoms with E-state index >= 15 is 0 Å². The predicted octanol–water partition coefficient (Wildman–Crippen LogP) is 3.91. The molecule has 0 spiro atoms. The van der Waals surface area contributed by atoms with E-state index in [-0.39, 0.29) is 10.7 Å². The maximum Gasteiger partial charge on any atom is 0.221 e. The first kappa shape index (κ1) is 14.0. The summed E-state index contributed by atoms with van der Waals surface area (Å²) in [6.45, 7) is 7.05. The van der Waals surface area contributed by atoms with Crippen LogP contribution in [0.2, 0.25) is 0 Å². The van der Waals surface area contributed by atoms with Gasteiger partial charge in [-0.05, 0) is 41.1 Å². The van der Waals surface area contributed by atoms with Crippen LogP contribution in [-0.4, -0.2) is 11.8 Å². The topological polar surface area (TPSA) is 26.3 Å². The van der Waals surface area contributed by atoms with E-state index in [1.807, 2.05) is 12.1 Å². The third-order valence-electron chi connectivity index (χ3n) is 2.51. The van der Waals surface area contributed by atoms with Crippen molar-refractivity contribution in [1.82, 2.24) is 0 Å². The molecule has 0 aromatic heterocycles. The van der Waals surface area contributed by atoms with Gasteiger partial charge in [0, 0.05) is 6.42 Å². The van der Waals surface area contributed by atoms with E-state index in [4.69, 9.17) is 16.3 Å². The number of rotatable bonds is 5. The van der Waals surface area contributed by atoms with E-state index in [0.29, 0.717) is 19.4 Å². The highest BCUT2D eigenvalue weighted by Gasteiger charge is 2.12. The van der Waals surface area contributed by atoms with Crippen LogP contribution in [0, 0.1) is 0 Å². The first-order valence-corrected chi connectivity index (χ1v) is 6.19. The van der Waals surface area contributed by atoms with Gasteiger partial charge in [0.2, 0.25) is 5.24 Å². The van der Waals surface area contributed by atoms with Crippen molar-refractivity contribution < 1.29 is 9.53 Å². The molecule has 0 amide bonds. The lowest BCUT2D eigenvalue weighted by Gasteiger charge is -2.19. The molecule has 0 aliphatic carbocycles. The molecule has 1 aromatic carbocycles. The van der Waals surface area contributed by atoms with Crippen molar-refractivity contribution in [2.75, 3.05) is 6.61 Å². The van der Waals surface area contributed by atoms with Gasteiger partial charge >= 0.3 is 0 Å². The number of carbonyl (C=O) groups is 1. The summed E-state index contributed by atoms with van der Waals surface area (Å²) in [7, 11) is 0. The zero-order valence-electron chi connectivity index (χ0n) is 10.6. The molecule has 1 rings (SSSR count). The minimum atomic E-state index is -0.309. The van der Waals surface area contributed by atoms with E-state index < -0.39 is 0 Å². The molecular formula is C14H19ClO2. The summed E-state index contributed by atoms with van der Waals surface area (Å²) in [5, 5.41) is -0.309. The second kappa shape index (κ2) is 6.06. The molecule has 94 valence electrons. The maximum atomic E-state index is 10.5. The Labute approximate surface area is 108 Å². The van der Waals surface area contributed by atoms with E-state index in [9.17, 15) is 4.79 Å². The molecule has 0 saturated heterocycles. The summed E-state index contributed by atoms with van der Waals surface area (Å²) in [5.41, 5.74) is 1.43. The Balaban J connectivity index is 2.43. The van der Waals surface area contributed by atoms with Crippen molar-refractivity contribution >= 4 is 16.8 Å². The van der Waals surface area contributed by atoms with Crippen molar-refractivity contribution in [3.8, 4) is 5.75 Å². The number of hydrogen-bond donors (Lipinski definition) is 0. The third kappa shape index (κ3) is 5.22. The Morgan fingerprint density at radius 3 is 2.29 bits per heavy atom. The second-order valence-electron chi connectivity index (χ2n) is 5.08. The maximum absolute atomic E-state index is 10.5. The van der Waals surface area contributed by atoms with Gasteiger partial charge in [0.1, 0.15) is 5.75 Å². The summed E-state index contributed by atoms with van der Waals surface area (Å²) in [6, 6.07) is 8.07. The molecule has 0 bridgehead atoms. The number of hydrogen-bond acceptors (Lipinski definition) is 2. The minimum absolute atomic E-state index is 0.156. The Morgan fingerprint density at radius 1 is 1.24 bits per heavy atom. The minimum Gasteiger partial charge on any atom is -0.494 e. The standard InChI is InChI=1S/C14H19ClO2/c1-14(2,3)11-6-8-12(9-7-11)17-10-4-5-13(15)16/h6-9H,4-5,10H2,1-3H3. The quantitative estimate of drug-likeness (QED) is 0.588. The number of ether oxygens (including phenoxy) is 1. The van der Waals surface area contributed by atoms with Crippen LogP contribution in [0.1, 0.15) is 39.2 Å². The molecule has 17 heavy (non-hydrogen) atoms. The summed E-state index contributed by atoms with van der Waals surface area (Å²) < 4.78 is 5.51. The van der Waals surface area contributed by atoms with Crippen LogP contribution in [0.3, 0.4) is 0 Å². The zero-order valence-corrected chi connectivity index (χ0v) is 11.4. The van der Waals surface area contributed by atoms with Crippen molar-refractivity contribution in [1.29, 1.82) is 0 Å². The fraction of sp³-hybridized carbons (Fsp3) is 0.500. The van der Waals surface area contributed by atoms with E-state index in [1.54, 1.807) is 0 Å². The Hall–Kier alpha value is -1.02. The van der Waals surface area contributed by atoms with Gasteiger partial charge < -0.3 is 4.74 Å². The highest BCUT2D eigenvalue weighted by molar-refractivity contribution is 6.63. The Morgan fingerprint density at radius 2 is 1.82 bits per heavy atom. The summed E-state index contributed by atoms with van der Waals surface area (Å²) in [5.74, 6) is 0.833. The number of halogens is 1. The van der Waals surface area contributed by atoms with Crippen LogP contribution in [-0.2, 0) is 10.2 Å². The van der Waals surface area contributed by atoms with E-state index in [0.717, 1.165) is 5.75 Å². The van der Waals surface area contributed by atoms with Crippen molar-refractivity contribution in [3.05, 3.63) is 29.8 Å². The molecule has 0 fully saturated rings. The monoisotopic (exact) mass is 254 g/mol. The van der Waals surface area contributed by atoms with Crippen molar-refractivity contribution in [3.63, 3.8) is 0 Å². The van der Waals surface area contributed by atoms with Crippen LogP contribution in [0.15, 0.2) is 24.3 Å². The molecule has 3 heteroatoms. The highest BCUT2D eigenvalue weighted by atomic mass is 35.5. The lowest BCUT2D eigenvalue weighted by atomic mass is 9.87. The molecule has 0 unspecified atom stereocenters. The zero-order chi connectivity index (χ0) is 12.9. The molecule has 0 aliphatic heterocycles. The molecule has 0 atom stereocenters. The average molecular weight is 255 g/mol. The Kier molecular flexibility index (Phi) is 5.01. The van der Waals surface area contributed by atoms with Crippen molar-refractivity contribution in [2.45, 2.75) is 39.0 Å².